The molecule has 0 fully saturated rings. The summed E-state index contributed by atoms with van der Waals surface area (Å²) in [6.07, 6.45) is 2.37. The van der Waals surface area contributed by atoms with Crippen molar-refractivity contribution < 1.29 is 18.7 Å². The zero-order chi connectivity index (χ0) is 23.8. The molecule has 0 aromatic heterocycles. The number of carbonyl (C=O) groups is 1. The first-order valence-corrected chi connectivity index (χ1v) is 11.0. The lowest BCUT2D eigenvalue weighted by atomic mass is 10.1. The topological polar surface area (TPSA) is 71.4 Å². The highest BCUT2D eigenvalue weighted by Crippen LogP contribution is 2.37. The number of methoxy groups -OCH3 is 1. The van der Waals surface area contributed by atoms with E-state index < -0.39 is 5.91 Å². The fraction of sp³-hybridized carbons (Fsp3) is 0.154. The third-order valence-corrected chi connectivity index (χ3v) is 5.41. The number of hydrogen-bond donors (Lipinski definition) is 1. The molecule has 168 valence electrons. The fourth-order valence-corrected chi connectivity index (χ4v) is 3.66. The summed E-state index contributed by atoms with van der Waals surface area (Å²) < 4.78 is 25.2. The number of halogens is 2. The van der Waals surface area contributed by atoms with Gasteiger partial charge in [-0.3, -0.25) is 4.79 Å². The van der Waals surface area contributed by atoms with Crippen molar-refractivity contribution in [3.05, 3.63) is 93.2 Å². The Balaban J connectivity index is 1.79. The molecule has 5 nitrogen and oxygen atoms in total. The summed E-state index contributed by atoms with van der Waals surface area (Å²) in [6, 6.07) is 18.9. The van der Waals surface area contributed by atoms with Gasteiger partial charge in [-0.25, -0.2) is 4.39 Å². The molecule has 7 heteroatoms. The van der Waals surface area contributed by atoms with E-state index in [0.717, 1.165) is 12.0 Å². The van der Waals surface area contributed by atoms with Crippen molar-refractivity contribution in [2.24, 2.45) is 0 Å². The van der Waals surface area contributed by atoms with Crippen LogP contribution in [-0.2, 0) is 17.8 Å². The Kier molecular flexibility index (Phi) is 8.22. The van der Waals surface area contributed by atoms with E-state index in [1.807, 2.05) is 25.1 Å². The predicted molar refractivity (Wildman–Crippen MR) is 129 cm³/mol. The van der Waals surface area contributed by atoms with Crippen LogP contribution in [-0.4, -0.2) is 13.0 Å². The zero-order valence-electron chi connectivity index (χ0n) is 18.2. The molecular formula is C26H22BrFN2O3. The number of amides is 1. The predicted octanol–water partition coefficient (Wildman–Crippen LogP) is 6.28. The molecule has 0 saturated heterocycles. The van der Waals surface area contributed by atoms with E-state index in [9.17, 15) is 14.4 Å². The highest BCUT2D eigenvalue weighted by atomic mass is 79.9. The van der Waals surface area contributed by atoms with Gasteiger partial charge in [0.25, 0.3) is 5.91 Å². The Hall–Kier alpha value is -3.63. The van der Waals surface area contributed by atoms with Crippen molar-refractivity contribution in [1.82, 2.24) is 0 Å². The Labute approximate surface area is 200 Å². The second kappa shape index (κ2) is 11.3. The fourth-order valence-electron chi connectivity index (χ4n) is 3.08. The SMILES string of the molecule is CCc1ccc(NC(=O)/C(C#N)=C/c2cc(Br)c(OCc3cccc(F)c3)c(OC)c2)cc1. The largest absolute Gasteiger partial charge is 0.493 e. The van der Waals surface area contributed by atoms with E-state index in [-0.39, 0.29) is 18.0 Å². The Morgan fingerprint density at radius 1 is 1.15 bits per heavy atom. The number of nitriles is 1. The molecule has 3 aromatic carbocycles. The van der Waals surface area contributed by atoms with Gasteiger partial charge in [0.1, 0.15) is 24.1 Å². The summed E-state index contributed by atoms with van der Waals surface area (Å²) in [5.41, 5.74) is 2.95. The number of rotatable bonds is 8. The maximum Gasteiger partial charge on any atom is 0.266 e. The number of nitrogens with zero attached hydrogens (tertiary/aromatic N) is 1. The van der Waals surface area contributed by atoms with Crippen LogP contribution in [0.5, 0.6) is 11.5 Å². The van der Waals surface area contributed by atoms with Crippen molar-refractivity contribution in [1.29, 1.82) is 5.26 Å². The molecule has 0 unspecified atom stereocenters. The third kappa shape index (κ3) is 6.43. The minimum atomic E-state index is -0.511. The number of anilines is 1. The lowest BCUT2D eigenvalue weighted by molar-refractivity contribution is -0.112. The lowest BCUT2D eigenvalue weighted by Gasteiger charge is -2.14. The number of hydrogen-bond acceptors (Lipinski definition) is 4. The molecule has 3 rings (SSSR count). The molecule has 1 amide bonds. The van der Waals surface area contributed by atoms with Gasteiger partial charge in [-0.05, 0) is 81.5 Å². The first kappa shape index (κ1) is 24.0. The summed E-state index contributed by atoms with van der Waals surface area (Å²) in [7, 11) is 1.49. The average molecular weight is 509 g/mol. The lowest BCUT2D eigenvalue weighted by Crippen LogP contribution is -2.13. The highest BCUT2D eigenvalue weighted by Gasteiger charge is 2.14. The van der Waals surface area contributed by atoms with Crippen LogP contribution in [0.25, 0.3) is 6.08 Å². The van der Waals surface area contributed by atoms with Crippen molar-refractivity contribution >= 4 is 33.6 Å². The minimum absolute atomic E-state index is 0.0584. The normalized spacial score (nSPS) is 10.9. The summed E-state index contributed by atoms with van der Waals surface area (Å²) in [5.74, 6) is -0.0211. The van der Waals surface area contributed by atoms with Crippen molar-refractivity contribution in [2.75, 3.05) is 12.4 Å². The average Bonchev–Trinajstić information content (AvgIpc) is 2.82. The van der Waals surface area contributed by atoms with E-state index in [0.29, 0.717) is 32.8 Å². The number of nitrogens with one attached hydrogen (secondary N) is 1. The molecule has 0 aliphatic carbocycles. The van der Waals surface area contributed by atoms with E-state index in [4.69, 9.17) is 9.47 Å². The molecule has 33 heavy (non-hydrogen) atoms. The van der Waals surface area contributed by atoms with E-state index in [1.54, 1.807) is 36.4 Å². The number of aryl methyl sites for hydroxylation is 1. The molecule has 3 aromatic rings. The summed E-state index contributed by atoms with van der Waals surface area (Å²) in [4.78, 5) is 12.6. The van der Waals surface area contributed by atoms with Gasteiger partial charge in [0.15, 0.2) is 11.5 Å². The molecule has 0 heterocycles. The third-order valence-electron chi connectivity index (χ3n) is 4.82. The van der Waals surface area contributed by atoms with Crippen LogP contribution in [0.4, 0.5) is 10.1 Å². The number of carbonyl (C=O) groups excluding carboxylic acids is 1. The van der Waals surface area contributed by atoms with Crippen molar-refractivity contribution in [2.45, 2.75) is 20.0 Å². The van der Waals surface area contributed by atoms with Crippen molar-refractivity contribution in [3.63, 3.8) is 0 Å². The Morgan fingerprint density at radius 3 is 2.55 bits per heavy atom. The molecule has 0 atom stereocenters. The van der Waals surface area contributed by atoms with E-state index in [2.05, 4.69) is 21.2 Å². The second-order valence-electron chi connectivity index (χ2n) is 7.13. The Morgan fingerprint density at radius 2 is 1.91 bits per heavy atom. The molecule has 0 aliphatic heterocycles. The van der Waals surface area contributed by atoms with Gasteiger partial charge in [-0.2, -0.15) is 5.26 Å². The van der Waals surface area contributed by atoms with Gasteiger partial charge in [0, 0.05) is 5.69 Å². The second-order valence-corrected chi connectivity index (χ2v) is 7.98. The van der Waals surface area contributed by atoms with Gasteiger partial charge in [-0.15, -0.1) is 0 Å². The summed E-state index contributed by atoms with van der Waals surface area (Å²) in [5, 5.41) is 12.3. The maximum absolute atomic E-state index is 13.4. The van der Waals surface area contributed by atoms with Gasteiger partial charge < -0.3 is 14.8 Å². The Bertz CT molecular complexity index is 1220. The van der Waals surface area contributed by atoms with Gasteiger partial charge >= 0.3 is 0 Å². The van der Waals surface area contributed by atoms with Crippen LogP contribution < -0.4 is 14.8 Å². The first-order valence-electron chi connectivity index (χ1n) is 10.2. The number of ether oxygens (including phenoxy) is 2. The highest BCUT2D eigenvalue weighted by molar-refractivity contribution is 9.10. The quantitative estimate of drug-likeness (QED) is 0.287. The molecule has 0 bridgehead atoms. The van der Waals surface area contributed by atoms with Crippen LogP contribution >= 0.6 is 15.9 Å². The summed E-state index contributed by atoms with van der Waals surface area (Å²) >= 11 is 3.45. The molecule has 0 spiro atoms. The molecular weight excluding hydrogens is 487 g/mol. The first-order chi connectivity index (χ1) is 15.9. The molecule has 1 N–H and O–H groups in total. The minimum Gasteiger partial charge on any atom is -0.493 e. The van der Waals surface area contributed by atoms with Gasteiger partial charge in [0.05, 0.1) is 11.6 Å². The maximum atomic E-state index is 13.4. The van der Waals surface area contributed by atoms with Crippen molar-refractivity contribution in [3.8, 4) is 17.6 Å². The zero-order valence-corrected chi connectivity index (χ0v) is 19.8. The monoisotopic (exact) mass is 508 g/mol. The van der Waals surface area contributed by atoms with Gasteiger partial charge in [-0.1, -0.05) is 31.2 Å². The van der Waals surface area contributed by atoms with Crippen LogP contribution in [0, 0.1) is 17.1 Å². The van der Waals surface area contributed by atoms with Crippen LogP contribution in [0.3, 0.4) is 0 Å². The standard InChI is InChI=1S/C26H22BrFN2O3/c1-3-17-7-9-22(10-8-17)30-26(31)20(15-29)11-19-13-23(27)25(24(14-19)32-2)33-16-18-5-4-6-21(28)12-18/h4-14H,3,16H2,1-2H3,(H,30,31)/b20-11+. The molecule has 0 aliphatic rings. The van der Waals surface area contributed by atoms with Crippen LogP contribution in [0.2, 0.25) is 0 Å². The van der Waals surface area contributed by atoms with Gasteiger partial charge in [0.2, 0.25) is 0 Å². The van der Waals surface area contributed by atoms with Crippen LogP contribution in [0.1, 0.15) is 23.6 Å². The summed E-state index contributed by atoms with van der Waals surface area (Å²) in [6.45, 7) is 2.19. The van der Waals surface area contributed by atoms with E-state index in [1.165, 1.54) is 25.3 Å². The number of benzene rings is 3. The molecule has 0 saturated carbocycles. The van der Waals surface area contributed by atoms with E-state index >= 15 is 0 Å². The molecule has 0 radical (unpaired) electrons. The smallest absolute Gasteiger partial charge is 0.266 e. The van der Waals surface area contributed by atoms with Crippen LogP contribution in [0.15, 0.2) is 70.7 Å².